The topological polar surface area (TPSA) is 198 Å². The molecule has 2 amide bonds. The highest BCUT2D eigenvalue weighted by atomic mass is 79.9. The molecule has 0 fully saturated rings. The molecule has 0 saturated heterocycles. The first kappa shape index (κ1) is 42.1. The highest BCUT2D eigenvalue weighted by Gasteiger charge is 2.32. The van der Waals surface area contributed by atoms with Crippen LogP contribution >= 0.6 is 39.5 Å². The number of furan rings is 2. The number of carbonyl (C=O) groups is 4. The molecule has 1 aromatic carbocycles. The first-order valence-corrected chi connectivity index (χ1v) is 20.3. The molecule has 4 aromatic heterocycles. The van der Waals surface area contributed by atoms with Crippen LogP contribution in [-0.2, 0) is 19.1 Å². The van der Waals surface area contributed by atoms with Gasteiger partial charge in [-0.3, -0.25) is 9.59 Å². The second-order valence-electron chi connectivity index (χ2n) is 14.5. The number of ether oxygens (including phenoxy) is 2. The standard InChI is InChI=1S/C38H38BrFN8O8S2/c1-37(2,3)55-35(51)47-29(25-13-10-20-53-25)43-46-34(47)58-28(40)32(50)42-23-16-14-21(15-17-23)24-18-19-26(54-24)30-44-45-33(48(30)36(52)56-38(4,5)6)57-27(39)31(49)41-22-11-8-7-9-12-22/h7-11,13-20,22,27-28H,12H2,1-6H3,(H,41,49)(H,42,50). The third kappa shape index (κ3) is 10.5. The van der Waals surface area contributed by atoms with Gasteiger partial charge >= 0.3 is 12.2 Å². The normalized spacial score (nSPS) is 15.1. The van der Waals surface area contributed by atoms with Crippen molar-refractivity contribution in [2.24, 2.45) is 0 Å². The maximum atomic E-state index is 15.4. The molecule has 0 saturated carbocycles. The lowest BCUT2D eigenvalue weighted by atomic mass is 10.1. The van der Waals surface area contributed by atoms with E-state index in [2.05, 4.69) is 47.0 Å². The number of thioether (sulfide) groups is 2. The summed E-state index contributed by atoms with van der Waals surface area (Å²) in [6.45, 7) is 10.2. The van der Waals surface area contributed by atoms with E-state index in [0.29, 0.717) is 29.5 Å². The van der Waals surface area contributed by atoms with E-state index in [9.17, 15) is 19.2 Å². The van der Waals surface area contributed by atoms with Crippen molar-refractivity contribution in [2.75, 3.05) is 5.32 Å². The molecule has 2 N–H and O–H groups in total. The number of allylic oxidation sites excluding steroid dienone is 2. The molecule has 20 heteroatoms. The number of halogens is 2. The molecule has 1 aliphatic rings. The predicted molar refractivity (Wildman–Crippen MR) is 217 cm³/mol. The zero-order valence-corrected chi connectivity index (χ0v) is 35.2. The molecular formula is C38H38BrFN8O8S2. The molecule has 304 valence electrons. The van der Waals surface area contributed by atoms with Crippen molar-refractivity contribution in [2.45, 2.75) is 85.2 Å². The number of aromatic nitrogens is 6. The van der Waals surface area contributed by atoms with Gasteiger partial charge in [0.2, 0.25) is 33.4 Å². The molecule has 0 bridgehead atoms. The lowest BCUT2D eigenvalue weighted by Crippen LogP contribution is -2.37. The first-order chi connectivity index (χ1) is 27.5. The average molecular weight is 898 g/mol. The average Bonchev–Trinajstić information content (AvgIpc) is 3.98. The number of rotatable bonds is 11. The monoisotopic (exact) mass is 896 g/mol. The Morgan fingerprint density at radius 1 is 0.810 bits per heavy atom. The van der Waals surface area contributed by atoms with Gasteiger partial charge in [0.25, 0.3) is 5.91 Å². The number of benzene rings is 1. The minimum atomic E-state index is -2.20. The van der Waals surface area contributed by atoms with Crippen LogP contribution in [0.4, 0.5) is 19.7 Å². The highest BCUT2D eigenvalue weighted by molar-refractivity contribution is 9.11. The van der Waals surface area contributed by atoms with Crippen molar-refractivity contribution in [1.82, 2.24) is 34.8 Å². The number of nitrogens with zero attached hydrogens (tertiary/aromatic N) is 6. The van der Waals surface area contributed by atoms with Crippen molar-refractivity contribution in [3.8, 4) is 34.5 Å². The molecule has 0 spiro atoms. The fraction of sp³-hybridized carbons (Fsp3) is 0.316. The summed E-state index contributed by atoms with van der Waals surface area (Å²) < 4.78 is 39.2. The third-order valence-corrected chi connectivity index (χ3v) is 10.3. The molecule has 5 aromatic rings. The number of hydrogen-bond donors (Lipinski definition) is 2. The van der Waals surface area contributed by atoms with Crippen LogP contribution in [0.2, 0.25) is 0 Å². The molecule has 6 rings (SSSR count). The van der Waals surface area contributed by atoms with Crippen molar-refractivity contribution in [1.29, 1.82) is 0 Å². The quantitative estimate of drug-likeness (QED) is 0.0945. The van der Waals surface area contributed by atoms with Crippen LogP contribution in [0.1, 0.15) is 48.0 Å². The van der Waals surface area contributed by atoms with Crippen molar-refractivity contribution < 1.29 is 41.9 Å². The third-order valence-electron chi connectivity index (χ3n) is 7.56. The Bertz CT molecular complexity index is 2340. The highest BCUT2D eigenvalue weighted by Crippen LogP contribution is 2.34. The molecular weight excluding hydrogens is 860 g/mol. The Labute approximate surface area is 348 Å². The van der Waals surface area contributed by atoms with Gasteiger partial charge in [-0.25, -0.2) is 23.1 Å². The summed E-state index contributed by atoms with van der Waals surface area (Å²) in [5.74, 6) is -0.570. The number of carbonyl (C=O) groups excluding carboxylic acids is 4. The summed E-state index contributed by atoms with van der Waals surface area (Å²) in [6, 6.07) is 12.6. The predicted octanol–water partition coefficient (Wildman–Crippen LogP) is 8.46. The maximum Gasteiger partial charge on any atom is 0.422 e. The van der Waals surface area contributed by atoms with Crippen molar-refractivity contribution in [3.05, 3.63) is 79.1 Å². The summed E-state index contributed by atoms with van der Waals surface area (Å²) in [5.41, 5.74) is -3.10. The summed E-state index contributed by atoms with van der Waals surface area (Å²) >= 11 is 4.73. The zero-order valence-electron chi connectivity index (χ0n) is 32.0. The van der Waals surface area contributed by atoms with E-state index in [1.165, 1.54) is 6.26 Å². The van der Waals surface area contributed by atoms with Gasteiger partial charge in [0.05, 0.1) is 12.3 Å². The number of anilines is 1. The molecule has 58 heavy (non-hydrogen) atoms. The van der Waals surface area contributed by atoms with Gasteiger partial charge in [-0.1, -0.05) is 52.0 Å². The smallest absolute Gasteiger partial charge is 0.422 e. The number of nitrogens with one attached hydrogen (secondary N) is 2. The second-order valence-corrected chi connectivity index (χ2v) is 18.1. The van der Waals surface area contributed by atoms with Crippen LogP contribution < -0.4 is 10.6 Å². The van der Waals surface area contributed by atoms with Gasteiger partial charge in [0, 0.05) is 11.3 Å². The SMILES string of the molecule is CC(C)(C)OC(=O)n1c(SC(F)C(=O)Nc2ccc(-c3ccc(-c4nnc(SC(Br)C(=O)NC5C=CC=CC5)n4C(=O)OC(C)(C)C)o3)cc2)nnc1-c1ccco1. The molecule has 3 unspecified atom stereocenters. The van der Waals surface area contributed by atoms with E-state index in [4.69, 9.17) is 18.3 Å². The van der Waals surface area contributed by atoms with Crippen LogP contribution in [0.3, 0.4) is 0 Å². The second kappa shape index (κ2) is 17.6. The van der Waals surface area contributed by atoms with E-state index >= 15 is 4.39 Å². The number of hydrogen-bond acceptors (Lipinski definition) is 14. The van der Waals surface area contributed by atoms with E-state index < -0.39 is 39.0 Å². The van der Waals surface area contributed by atoms with Crippen LogP contribution in [0, 0.1) is 0 Å². The fourth-order valence-corrected chi connectivity index (χ4v) is 7.17. The summed E-state index contributed by atoms with van der Waals surface area (Å²) in [7, 11) is 0. The molecule has 3 atom stereocenters. The number of alkyl halides is 2. The van der Waals surface area contributed by atoms with Gasteiger partial charge in [-0.05, 0) is 108 Å². The molecule has 0 aliphatic heterocycles. The molecule has 4 heterocycles. The van der Waals surface area contributed by atoms with Crippen molar-refractivity contribution >= 4 is 69.1 Å². The van der Waals surface area contributed by atoms with E-state index in [1.807, 2.05) is 24.3 Å². The van der Waals surface area contributed by atoms with Gasteiger partial charge in [-0.15, -0.1) is 20.4 Å². The maximum absolute atomic E-state index is 15.4. The Balaban J connectivity index is 1.15. The van der Waals surface area contributed by atoms with Crippen LogP contribution in [0.25, 0.3) is 34.5 Å². The van der Waals surface area contributed by atoms with Crippen molar-refractivity contribution in [3.63, 3.8) is 0 Å². The van der Waals surface area contributed by atoms with Crippen LogP contribution in [0.5, 0.6) is 0 Å². The minimum Gasteiger partial charge on any atom is -0.461 e. The fourth-order valence-electron chi connectivity index (χ4n) is 5.12. The van der Waals surface area contributed by atoms with E-state index in [1.54, 1.807) is 90.1 Å². The zero-order chi connectivity index (χ0) is 41.8. The first-order valence-electron chi connectivity index (χ1n) is 17.6. The molecule has 1 aliphatic carbocycles. The largest absolute Gasteiger partial charge is 0.461 e. The summed E-state index contributed by atoms with van der Waals surface area (Å²) in [4.78, 5) is 52.5. The van der Waals surface area contributed by atoms with Crippen LogP contribution in [-0.4, -0.2) is 80.4 Å². The molecule has 16 nitrogen and oxygen atoms in total. The van der Waals surface area contributed by atoms with Gasteiger partial charge < -0.3 is 28.9 Å². The lowest BCUT2D eigenvalue weighted by Gasteiger charge is -2.21. The molecule has 0 radical (unpaired) electrons. The Morgan fingerprint density at radius 3 is 1.98 bits per heavy atom. The Kier molecular flexibility index (Phi) is 12.8. The van der Waals surface area contributed by atoms with E-state index in [0.717, 1.165) is 20.9 Å². The Morgan fingerprint density at radius 2 is 1.41 bits per heavy atom. The van der Waals surface area contributed by atoms with E-state index in [-0.39, 0.29) is 51.1 Å². The Hall–Kier alpha value is -5.47. The minimum absolute atomic E-state index is 0.0201. The lowest BCUT2D eigenvalue weighted by molar-refractivity contribution is -0.119. The van der Waals surface area contributed by atoms with Gasteiger partial charge in [0.1, 0.15) is 21.1 Å². The van der Waals surface area contributed by atoms with Crippen LogP contribution in [0.15, 0.2) is 98.2 Å². The van der Waals surface area contributed by atoms with Gasteiger partial charge in [0.15, 0.2) is 11.5 Å². The number of amides is 2. The van der Waals surface area contributed by atoms with Gasteiger partial charge in [-0.2, -0.15) is 0 Å². The summed E-state index contributed by atoms with van der Waals surface area (Å²) in [5, 5.41) is 21.6. The summed E-state index contributed by atoms with van der Waals surface area (Å²) in [6.07, 6.45) is 7.97.